The lowest BCUT2D eigenvalue weighted by Crippen LogP contribution is -2.31. The lowest BCUT2D eigenvalue weighted by Gasteiger charge is -2.25. The Labute approximate surface area is 121 Å². The van der Waals surface area contributed by atoms with Gasteiger partial charge in [0.15, 0.2) is 0 Å². The van der Waals surface area contributed by atoms with Gasteiger partial charge >= 0.3 is 0 Å². The summed E-state index contributed by atoms with van der Waals surface area (Å²) in [5.41, 5.74) is 7.27. The Morgan fingerprint density at radius 3 is 2.50 bits per heavy atom. The Kier molecular flexibility index (Phi) is 5.39. The molecule has 2 N–H and O–H groups in total. The molecule has 0 spiro atoms. The molecule has 0 aliphatic rings. The zero-order valence-corrected chi connectivity index (χ0v) is 12.4. The maximum absolute atomic E-state index is 5.92. The molecule has 1 heterocycles. The summed E-state index contributed by atoms with van der Waals surface area (Å²) in [5.74, 6) is 2.00. The Balaban J connectivity index is 1.96. The third-order valence-corrected chi connectivity index (χ3v) is 3.71. The molecule has 108 valence electrons. The van der Waals surface area contributed by atoms with Crippen molar-refractivity contribution in [2.24, 2.45) is 5.73 Å². The van der Waals surface area contributed by atoms with Crippen LogP contribution in [-0.4, -0.2) is 25.0 Å². The van der Waals surface area contributed by atoms with Crippen molar-refractivity contribution in [1.82, 2.24) is 4.90 Å². The van der Waals surface area contributed by atoms with Gasteiger partial charge in [0.25, 0.3) is 0 Å². The highest BCUT2D eigenvalue weighted by atomic mass is 16.3. The van der Waals surface area contributed by atoms with Crippen LogP contribution in [0.25, 0.3) is 0 Å². The largest absolute Gasteiger partial charge is 0.464 e. The molecule has 0 fully saturated rings. The molecule has 0 amide bonds. The number of hydrogen-bond donors (Lipinski definition) is 1. The van der Waals surface area contributed by atoms with Gasteiger partial charge in [-0.05, 0) is 31.2 Å². The summed E-state index contributed by atoms with van der Waals surface area (Å²) in [5, 5.41) is 0. The monoisotopic (exact) mass is 272 g/mol. The predicted molar refractivity (Wildman–Crippen MR) is 82.7 cm³/mol. The highest BCUT2D eigenvalue weighted by Gasteiger charge is 2.18. The van der Waals surface area contributed by atoms with Gasteiger partial charge in [0.1, 0.15) is 11.5 Å². The number of aryl methyl sites for hydroxylation is 1. The van der Waals surface area contributed by atoms with E-state index in [9.17, 15) is 0 Å². The summed E-state index contributed by atoms with van der Waals surface area (Å²) in [6.07, 6.45) is 1.94. The SMILES string of the molecule is CCc1ccc(C(CN)N(C)CCc2ccccc2)o1. The van der Waals surface area contributed by atoms with Gasteiger partial charge in [-0.3, -0.25) is 4.90 Å². The van der Waals surface area contributed by atoms with E-state index in [4.69, 9.17) is 10.2 Å². The zero-order chi connectivity index (χ0) is 14.4. The molecule has 0 saturated heterocycles. The Morgan fingerprint density at radius 1 is 1.15 bits per heavy atom. The van der Waals surface area contributed by atoms with Crippen LogP contribution in [0, 0.1) is 0 Å². The van der Waals surface area contributed by atoms with Crippen LogP contribution in [-0.2, 0) is 12.8 Å². The summed E-state index contributed by atoms with van der Waals surface area (Å²) < 4.78 is 5.84. The molecule has 2 rings (SSSR count). The molecule has 0 aliphatic heterocycles. The van der Waals surface area contributed by atoms with Crippen LogP contribution in [0.3, 0.4) is 0 Å². The minimum atomic E-state index is 0.152. The van der Waals surface area contributed by atoms with Crippen molar-refractivity contribution in [1.29, 1.82) is 0 Å². The fourth-order valence-corrected chi connectivity index (χ4v) is 2.38. The van der Waals surface area contributed by atoms with E-state index >= 15 is 0 Å². The molecule has 1 atom stereocenters. The summed E-state index contributed by atoms with van der Waals surface area (Å²) in [7, 11) is 2.11. The highest BCUT2D eigenvalue weighted by Crippen LogP contribution is 2.21. The molecule has 0 saturated carbocycles. The molecule has 3 nitrogen and oxygen atoms in total. The van der Waals surface area contributed by atoms with E-state index in [0.717, 1.165) is 30.9 Å². The number of nitrogens with two attached hydrogens (primary N) is 1. The first kappa shape index (κ1) is 14.8. The molecular weight excluding hydrogens is 248 g/mol. The maximum Gasteiger partial charge on any atom is 0.122 e. The number of furan rings is 1. The minimum absolute atomic E-state index is 0.152. The molecule has 20 heavy (non-hydrogen) atoms. The number of nitrogens with zero attached hydrogens (tertiary/aromatic N) is 1. The first-order chi connectivity index (χ1) is 9.74. The van der Waals surface area contributed by atoms with Crippen LogP contribution in [0.2, 0.25) is 0 Å². The summed E-state index contributed by atoms with van der Waals surface area (Å²) in [6, 6.07) is 14.8. The van der Waals surface area contributed by atoms with Crippen molar-refractivity contribution in [2.75, 3.05) is 20.1 Å². The topological polar surface area (TPSA) is 42.4 Å². The van der Waals surface area contributed by atoms with Gasteiger partial charge in [-0.15, -0.1) is 0 Å². The molecule has 1 unspecified atom stereocenters. The quantitative estimate of drug-likeness (QED) is 0.842. The van der Waals surface area contributed by atoms with Crippen molar-refractivity contribution >= 4 is 0 Å². The van der Waals surface area contributed by atoms with Gasteiger partial charge in [-0.2, -0.15) is 0 Å². The van der Waals surface area contributed by atoms with Crippen LogP contribution in [0.1, 0.15) is 30.0 Å². The lowest BCUT2D eigenvalue weighted by molar-refractivity contribution is 0.220. The van der Waals surface area contributed by atoms with E-state index in [1.165, 1.54) is 5.56 Å². The first-order valence-electron chi connectivity index (χ1n) is 7.27. The average molecular weight is 272 g/mol. The second-order valence-corrected chi connectivity index (χ2v) is 5.13. The third-order valence-electron chi connectivity index (χ3n) is 3.71. The van der Waals surface area contributed by atoms with Crippen LogP contribution < -0.4 is 5.73 Å². The van der Waals surface area contributed by atoms with E-state index in [2.05, 4.69) is 49.2 Å². The molecule has 2 aromatic rings. The Morgan fingerprint density at radius 2 is 1.90 bits per heavy atom. The summed E-state index contributed by atoms with van der Waals surface area (Å²) in [4.78, 5) is 2.27. The fourth-order valence-electron chi connectivity index (χ4n) is 2.38. The van der Waals surface area contributed by atoms with Crippen molar-refractivity contribution in [3.8, 4) is 0 Å². The van der Waals surface area contributed by atoms with Gasteiger partial charge < -0.3 is 10.2 Å². The average Bonchev–Trinajstić information content (AvgIpc) is 2.96. The van der Waals surface area contributed by atoms with Gasteiger partial charge in [0.2, 0.25) is 0 Å². The molecule has 0 aliphatic carbocycles. The van der Waals surface area contributed by atoms with Crippen LogP contribution in [0.4, 0.5) is 0 Å². The predicted octanol–water partition coefficient (Wildman–Crippen LogP) is 3.02. The fraction of sp³-hybridized carbons (Fsp3) is 0.412. The van der Waals surface area contributed by atoms with Crippen molar-refractivity contribution in [3.63, 3.8) is 0 Å². The molecule has 0 bridgehead atoms. The normalized spacial score (nSPS) is 12.8. The standard InChI is InChI=1S/C17H24N2O/c1-3-15-9-10-17(20-15)16(13-18)19(2)12-11-14-7-5-4-6-8-14/h4-10,16H,3,11-13,18H2,1-2H3. The van der Waals surface area contributed by atoms with Crippen LogP contribution >= 0.6 is 0 Å². The smallest absolute Gasteiger partial charge is 0.122 e. The summed E-state index contributed by atoms with van der Waals surface area (Å²) >= 11 is 0. The number of hydrogen-bond acceptors (Lipinski definition) is 3. The minimum Gasteiger partial charge on any atom is -0.464 e. The van der Waals surface area contributed by atoms with Crippen molar-refractivity contribution in [3.05, 3.63) is 59.5 Å². The van der Waals surface area contributed by atoms with E-state index in [1.807, 2.05) is 12.1 Å². The Bertz CT molecular complexity index is 507. The molecule has 3 heteroatoms. The molecule has 1 aromatic heterocycles. The Hall–Kier alpha value is -1.58. The van der Waals surface area contributed by atoms with Crippen LogP contribution in [0.5, 0.6) is 0 Å². The molecule has 1 aromatic carbocycles. The second kappa shape index (κ2) is 7.27. The molecular formula is C17H24N2O. The molecule has 0 radical (unpaired) electrons. The second-order valence-electron chi connectivity index (χ2n) is 5.13. The van der Waals surface area contributed by atoms with Gasteiger partial charge in [0.05, 0.1) is 6.04 Å². The van der Waals surface area contributed by atoms with Crippen molar-refractivity contribution in [2.45, 2.75) is 25.8 Å². The van der Waals surface area contributed by atoms with Gasteiger partial charge in [-0.25, -0.2) is 0 Å². The van der Waals surface area contributed by atoms with Gasteiger partial charge in [-0.1, -0.05) is 37.3 Å². The lowest BCUT2D eigenvalue weighted by atomic mass is 10.1. The summed E-state index contributed by atoms with van der Waals surface area (Å²) in [6.45, 7) is 3.63. The van der Waals surface area contributed by atoms with E-state index in [0.29, 0.717) is 6.54 Å². The maximum atomic E-state index is 5.92. The number of likely N-dealkylation sites (N-methyl/N-ethyl adjacent to an activating group) is 1. The number of benzene rings is 1. The van der Waals surface area contributed by atoms with E-state index in [-0.39, 0.29) is 6.04 Å². The van der Waals surface area contributed by atoms with E-state index < -0.39 is 0 Å². The van der Waals surface area contributed by atoms with Crippen LogP contribution in [0.15, 0.2) is 46.9 Å². The van der Waals surface area contributed by atoms with E-state index in [1.54, 1.807) is 0 Å². The first-order valence-corrected chi connectivity index (χ1v) is 7.27. The number of rotatable bonds is 7. The zero-order valence-electron chi connectivity index (χ0n) is 12.4. The highest BCUT2D eigenvalue weighted by molar-refractivity contribution is 5.15. The third kappa shape index (κ3) is 3.71. The van der Waals surface area contributed by atoms with Gasteiger partial charge in [0, 0.05) is 19.5 Å². The van der Waals surface area contributed by atoms with Crippen molar-refractivity contribution < 1.29 is 4.42 Å².